The van der Waals surface area contributed by atoms with Gasteiger partial charge in [0.05, 0.1) is 12.9 Å². The van der Waals surface area contributed by atoms with Crippen LogP contribution in [0.15, 0.2) is 39.0 Å². The van der Waals surface area contributed by atoms with Crippen LogP contribution in [0.2, 0.25) is 0 Å². The van der Waals surface area contributed by atoms with Gasteiger partial charge in [0, 0.05) is 26.8 Å². The number of carbonyl (C=O) groups is 1. The molecule has 142 valence electrons. The summed E-state index contributed by atoms with van der Waals surface area (Å²) in [7, 11) is 6.27. The van der Waals surface area contributed by atoms with Crippen LogP contribution in [0.3, 0.4) is 0 Å². The Morgan fingerprint density at radius 3 is 2.41 bits per heavy atom. The normalized spacial score (nSPS) is 11.0. The number of nitrogens with zero attached hydrogens (tertiary/aromatic N) is 4. The zero-order valence-corrected chi connectivity index (χ0v) is 16.2. The zero-order chi connectivity index (χ0) is 19.7. The summed E-state index contributed by atoms with van der Waals surface area (Å²) in [6.07, 6.45) is 0. The Hall–Kier alpha value is -3.01. The number of ether oxygens (including phenoxy) is 1. The summed E-state index contributed by atoms with van der Waals surface area (Å²) in [5, 5.41) is 3.26. The van der Waals surface area contributed by atoms with Crippen molar-refractivity contribution in [3.8, 4) is 5.75 Å². The van der Waals surface area contributed by atoms with Gasteiger partial charge in [-0.25, -0.2) is 9.78 Å². The number of aryl methyl sites for hydroxylation is 2. The van der Waals surface area contributed by atoms with Crippen molar-refractivity contribution in [1.82, 2.24) is 18.7 Å². The number of benzene rings is 1. The summed E-state index contributed by atoms with van der Waals surface area (Å²) < 4.78 is 9.10. The van der Waals surface area contributed by atoms with Crippen LogP contribution in [-0.2, 0) is 25.9 Å². The maximum absolute atomic E-state index is 12.3. The van der Waals surface area contributed by atoms with E-state index in [0.717, 1.165) is 4.57 Å². The lowest BCUT2D eigenvalue weighted by Gasteiger charge is -2.07. The lowest BCUT2D eigenvalue weighted by Crippen LogP contribution is -2.37. The fourth-order valence-corrected chi connectivity index (χ4v) is 3.46. The van der Waals surface area contributed by atoms with Gasteiger partial charge in [0.15, 0.2) is 16.3 Å². The molecule has 0 saturated carbocycles. The lowest BCUT2D eigenvalue weighted by molar-refractivity contribution is -0.113. The highest BCUT2D eigenvalue weighted by Crippen LogP contribution is 2.21. The summed E-state index contributed by atoms with van der Waals surface area (Å²) in [6.45, 7) is 0. The Kier molecular flexibility index (Phi) is 5.08. The number of imidazole rings is 1. The topological polar surface area (TPSA) is 100 Å². The second-order valence-electron chi connectivity index (χ2n) is 5.90. The van der Waals surface area contributed by atoms with E-state index in [0.29, 0.717) is 22.2 Å². The van der Waals surface area contributed by atoms with Crippen LogP contribution in [0.1, 0.15) is 0 Å². The number of thioether (sulfide) groups is 1. The predicted octanol–water partition coefficient (Wildman–Crippen LogP) is 0.710. The molecule has 27 heavy (non-hydrogen) atoms. The Balaban J connectivity index is 1.78. The van der Waals surface area contributed by atoms with Gasteiger partial charge in [0.1, 0.15) is 5.75 Å². The molecule has 0 saturated heterocycles. The maximum Gasteiger partial charge on any atom is 0.332 e. The average Bonchev–Trinajstić information content (AvgIpc) is 3.00. The van der Waals surface area contributed by atoms with Crippen LogP contribution in [0.5, 0.6) is 5.75 Å². The number of rotatable bonds is 5. The van der Waals surface area contributed by atoms with Crippen molar-refractivity contribution in [3.05, 3.63) is 45.1 Å². The highest BCUT2D eigenvalue weighted by molar-refractivity contribution is 7.99. The number of anilines is 1. The molecule has 2 heterocycles. The van der Waals surface area contributed by atoms with Gasteiger partial charge in [-0.3, -0.25) is 18.7 Å². The molecule has 10 heteroatoms. The first-order valence-corrected chi connectivity index (χ1v) is 9.01. The zero-order valence-electron chi connectivity index (χ0n) is 15.3. The molecule has 1 aromatic carbocycles. The molecule has 0 atom stereocenters. The largest absolute Gasteiger partial charge is 0.497 e. The first-order chi connectivity index (χ1) is 12.8. The summed E-state index contributed by atoms with van der Waals surface area (Å²) in [5.41, 5.74) is 0.381. The lowest BCUT2D eigenvalue weighted by atomic mass is 10.3. The number of amides is 1. The van der Waals surface area contributed by atoms with Crippen molar-refractivity contribution in [3.63, 3.8) is 0 Å². The standard InChI is InChI=1S/C17H19N5O4S/c1-20-14-13(15(24)22(3)17(25)21(14)2)19-16(20)27-9-12(23)18-10-5-7-11(26-4)8-6-10/h5-8H,9H2,1-4H3,(H,18,23). The van der Waals surface area contributed by atoms with Crippen LogP contribution in [0, 0.1) is 0 Å². The van der Waals surface area contributed by atoms with E-state index in [1.807, 2.05) is 0 Å². The van der Waals surface area contributed by atoms with Gasteiger partial charge in [0.2, 0.25) is 5.91 Å². The van der Waals surface area contributed by atoms with E-state index in [1.165, 1.54) is 23.4 Å². The molecule has 1 amide bonds. The van der Waals surface area contributed by atoms with E-state index in [2.05, 4.69) is 10.3 Å². The molecular formula is C17H19N5O4S. The van der Waals surface area contributed by atoms with Crippen LogP contribution >= 0.6 is 11.8 Å². The van der Waals surface area contributed by atoms with E-state index in [-0.39, 0.29) is 17.2 Å². The molecule has 0 unspecified atom stereocenters. The highest BCUT2D eigenvalue weighted by atomic mass is 32.2. The maximum atomic E-state index is 12.3. The minimum atomic E-state index is -0.460. The molecule has 0 spiro atoms. The number of methoxy groups -OCH3 is 1. The Labute approximate surface area is 158 Å². The first-order valence-electron chi connectivity index (χ1n) is 8.02. The van der Waals surface area contributed by atoms with Gasteiger partial charge in [-0.15, -0.1) is 0 Å². The molecule has 0 aliphatic heterocycles. The predicted molar refractivity (Wildman–Crippen MR) is 104 cm³/mol. The van der Waals surface area contributed by atoms with E-state index in [9.17, 15) is 14.4 Å². The summed E-state index contributed by atoms with van der Waals surface area (Å²) in [5.74, 6) is 0.602. The monoisotopic (exact) mass is 389 g/mol. The number of hydrogen-bond acceptors (Lipinski definition) is 6. The second-order valence-corrected chi connectivity index (χ2v) is 6.84. The molecule has 0 bridgehead atoms. The van der Waals surface area contributed by atoms with E-state index in [4.69, 9.17) is 4.74 Å². The van der Waals surface area contributed by atoms with Crippen molar-refractivity contribution in [2.75, 3.05) is 18.2 Å². The molecule has 1 N–H and O–H groups in total. The van der Waals surface area contributed by atoms with Gasteiger partial charge < -0.3 is 14.6 Å². The van der Waals surface area contributed by atoms with Crippen molar-refractivity contribution < 1.29 is 9.53 Å². The molecule has 0 fully saturated rings. The van der Waals surface area contributed by atoms with Crippen molar-refractivity contribution >= 4 is 34.5 Å². The van der Waals surface area contributed by atoms with E-state index in [1.54, 1.807) is 50.0 Å². The molecule has 0 aliphatic carbocycles. The number of aromatic nitrogens is 4. The van der Waals surface area contributed by atoms with Crippen LogP contribution in [0.25, 0.3) is 11.2 Å². The SMILES string of the molecule is COc1ccc(NC(=O)CSc2nc3c(=O)n(C)c(=O)n(C)c3n2C)cc1. The van der Waals surface area contributed by atoms with Gasteiger partial charge in [0.25, 0.3) is 5.56 Å². The van der Waals surface area contributed by atoms with Gasteiger partial charge in [-0.1, -0.05) is 11.8 Å². The van der Waals surface area contributed by atoms with Crippen LogP contribution < -0.4 is 21.3 Å². The number of fused-ring (bicyclic) bond motifs is 1. The molecular weight excluding hydrogens is 370 g/mol. The Bertz CT molecular complexity index is 1130. The number of hydrogen-bond donors (Lipinski definition) is 1. The van der Waals surface area contributed by atoms with Gasteiger partial charge in [-0.05, 0) is 24.3 Å². The van der Waals surface area contributed by atoms with Gasteiger partial charge >= 0.3 is 5.69 Å². The van der Waals surface area contributed by atoms with Crippen LogP contribution in [0.4, 0.5) is 5.69 Å². The Morgan fingerprint density at radius 2 is 1.78 bits per heavy atom. The Morgan fingerprint density at radius 1 is 1.11 bits per heavy atom. The average molecular weight is 389 g/mol. The van der Waals surface area contributed by atoms with Crippen molar-refractivity contribution in [2.24, 2.45) is 21.1 Å². The van der Waals surface area contributed by atoms with Crippen LogP contribution in [-0.4, -0.2) is 37.5 Å². The van der Waals surface area contributed by atoms with Gasteiger partial charge in [-0.2, -0.15) is 0 Å². The number of nitrogens with one attached hydrogen (secondary N) is 1. The molecule has 2 aromatic heterocycles. The third kappa shape index (κ3) is 3.47. The molecule has 3 aromatic rings. The highest BCUT2D eigenvalue weighted by Gasteiger charge is 2.17. The van der Waals surface area contributed by atoms with E-state index >= 15 is 0 Å². The molecule has 3 rings (SSSR count). The number of carbonyl (C=O) groups excluding carboxylic acids is 1. The third-order valence-electron chi connectivity index (χ3n) is 4.13. The summed E-state index contributed by atoms with van der Waals surface area (Å²) in [4.78, 5) is 40.9. The fraction of sp³-hybridized carbons (Fsp3) is 0.294. The van der Waals surface area contributed by atoms with Crippen molar-refractivity contribution in [2.45, 2.75) is 5.16 Å². The minimum absolute atomic E-state index is 0.109. The third-order valence-corrected chi connectivity index (χ3v) is 5.16. The first kappa shape index (κ1) is 18.8. The minimum Gasteiger partial charge on any atom is -0.497 e. The molecule has 0 radical (unpaired) electrons. The fourth-order valence-electron chi connectivity index (χ4n) is 2.69. The van der Waals surface area contributed by atoms with E-state index < -0.39 is 11.2 Å². The second kappa shape index (κ2) is 7.31. The summed E-state index contributed by atoms with van der Waals surface area (Å²) >= 11 is 1.19. The van der Waals surface area contributed by atoms with Crippen molar-refractivity contribution in [1.29, 1.82) is 0 Å². The smallest absolute Gasteiger partial charge is 0.332 e. The molecule has 9 nitrogen and oxygen atoms in total. The summed E-state index contributed by atoms with van der Waals surface area (Å²) in [6, 6.07) is 7.00. The quantitative estimate of drug-likeness (QED) is 0.645. The molecule has 0 aliphatic rings.